The van der Waals surface area contributed by atoms with Crippen molar-refractivity contribution >= 4 is 22.4 Å². The van der Waals surface area contributed by atoms with Crippen LogP contribution in [0.25, 0.3) is 0 Å². The number of nitro groups is 1. The van der Waals surface area contributed by atoms with E-state index in [0.717, 1.165) is 0 Å². The van der Waals surface area contributed by atoms with Gasteiger partial charge in [0.15, 0.2) is 5.75 Å². The van der Waals surface area contributed by atoms with Crippen molar-refractivity contribution in [3.8, 4) is 0 Å². The molecule has 1 saturated heterocycles. The minimum absolute atomic E-state index is 0.0323. The summed E-state index contributed by atoms with van der Waals surface area (Å²) in [6, 6.07) is 5.90. The van der Waals surface area contributed by atoms with Crippen LogP contribution in [-0.4, -0.2) is 28.0 Å². The molecule has 0 aromatic heterocycles. The topological polar surface area (TPSA) is 60.2 Å². The van der Waals surface area contributed by atoms with Gasteiger partial charge >= 0.3 is 0 Å². The van der Waals surface area contributed by atoms with Crippen LogP contribution in [0.2, 0.25) is 0 Å². The van der Waals surface area contributed by atoms with Crippen LogP contribution in [0.15, 0.2) is 24.3 Å². The first-order valence-electron chi connectivity index (χ1n) is 5.58. The number of non-ortho nitro benzene ring substituents is 1. The van der Waals surface area contributed by atoms with Gasteiger partial charge in [0.05, 0.1) is 4.92 Å². The molecule has 0 spiro atoms. The average molecular weight is 252 g/mol. The van der Waals surface area contributed by atoms with Crippen LogP contribution in [0.1, 0.15) is 23.2 Å². The summed E-state index contributed by atoms with van der Waals surface area (Å²) in [5.41, 5.74) is 0.625. The number of hydrogen-bond acceptors (Lipinski definition) is 3. The SMILES string of the molecule is O=C(C[S+]1CCCC1)c1ccc([N+](=O)[O-])cc1. The molecule has 0 unspecified atom stereocenters. The molecular formula is C12H14NO3S+. The van der Waals surface area contributed by atoms with Crippen molar-refractivity contribution in [2.45, 2.75) is 12.8 Å². The Morgan fingerprint density at radius 2 is 1.82 bits per heavy atom. The van der Waals surface area contributed by atoms with E-state index in [-0.39, 0.29) is 22.4 Å². The summed E-state index contributed by atoms with van der Waals surface area (Å²) in [5, 5.41) is 10.5. The van der Waals surface area contributed by atoms with Crippen LogP contribution in [-0.2, 0) is 10.9 Å². The molecule has 2 rings (SSSR count). The summed E-state index contributed by atoms with van der Waals surface area (Å²) in [7, 11) is 0.245. The van der Waals surface area contributed by atoms with Crippen molar-refractivity contribution in [1.29, 1.82) is 0 Å². The van der Waals surface area contributed by atoms with Crippen molar-refractivity contribution in [3.05, 3.63) is 39.9 Å². The summed E-state index contributed by atoms with van der Waals surface area (Å²) >= 11 is 0. The molecule has 5 heteroatoms. The lowest BCUT2D eigenvalue weighted by atomic mass is 10.1. The molecule has 0 atom stereocenters. The predicted octanol–water partition coefficient (Wildman–Crippen LogP) is 2.19. The second-order valence-corrected chi connectivity index (χ2v) is 6.43. The Kier molecular flexibility index (Phi) is 3.78. The minimum Gasteiger partial charge on any atom is -0.289 e. The first-order chi connectivity index (χ1) is 8.16. The number of hydrogen-bond donors (Lipinski definition) is 0. The van der Waals surface area contributed by atoms with Gasteiger partial charge in [-0.05, 0) is 35.9 Å². The molecule has 17 heavy (non-hydrogen) atoms. The quantitative estimate of drug-likeness (QED) is 0.357. The molecule has 0 radical (unpaired) electrons. The Morgan fingerprint density at radius 1 is 1.24 bits per heavy atom. The van der Waals surface area contributed by atoms with E-state index in [4.69, 9.17) is 0 Å². The van der Waals surface area contributed by atoms with E-state index in [9.17, 15) is 14.9 Å². The van der Waals surface area contributed by atoms with Crippen LogP contribution >= 0.6 is 0 Å². The van der Waals surface area contributed by atoms with Gasteiger partial charge in [0.1, 0.15) is 11.5 Å². The second kappa shape index (κ2) is 5.31. The fourth-order valence-corrected chi connectivity index (χ4v) is 4.15. The molecule has 1 aliphatic rings. The summed E-state index contributed by atoms with van der Waals surface area (Å²) < 4.78 is 0. The van der Waals surface area contributed by atoms with E-state index >= 15 is 0 Å². The summed E-state index contributed by atoms with van der Waals surface area (Å²) in [5.74, 6) is 3.06. The lowest BCUT2D eigenvalue weighted by Gasteiger charge is -2.00. The molecule has 0 N–H and O–H groups in total. The van der Waals surface area contributed by atoms with Crippen molar-refractivity contribution < 1.29 is 9.72 Å². The zero-order chi connectivity index (χ0) is 12.3. The van der Waals surface area contributed by atoms with Crippen LogP contribution in [0.5, 0.6) is 0 Å². The lowest BCUT2D eigenvalue weighted by Crippen LogP contribution is -2.17. The summed E-state index contributed by atoms with van der Waals surface area (Å²) in [6.07, 6.45) is 2.47. The number of nitro benzene ring substituents is 1. The lowest BCUT2D eigenvalue weighted by molar-refractivity contribution is -0.384. The third-order valence-electron chi connectivity index (χ3n) is 2.85. The number of benzene rings is 1. The molecule has 4 nitrogen and oxygen atoms in total. The van der Waals surface area contributed by atoms with E-state index < -0.39 is 4.92 Å². The zero-order valence-electron chi connectivity index (χ0n) is 9.43. The molecule has 1 aromatic rings. The maximum atomic E-state index is 11.9. The van der Waals surface area contributed by atoms with Crippen LogP contribution < -0.4 is 0 Å². The monoisotopic (exact) mass is 252 g/mol. The Labute approximate surface area is 103 Å². The van der Waals surface area contributed by atoms with Gasteiger partial charge in [0, 0.05) is 17.7 Å². The highest BCUT2D eigenvalue weighted by Crippen LogP contribution is 2.17. The van der Waals surface area contributed by atoms with Crippen molar-refractivity contribution in [2.24, 2.45) is 0 Å². The number of Topliss-reactive ketones (excluding diaryl/α,β-unsaturated/α-hetero) is 1. The van der Waals surface area contributed by atoms with Crippen molar-refractivity contribution in [3.63, 3.8) is 0 Å². The Bertz CT molecular complexity index is 424. The van der Waals surface area contributed by atoms with Crippen molar-refractivity contribution in [2.75, 3.05) is 17.3 Å². The van der Waals surface area contributed by atoms with Gasteiger partial charge in [0.2, 0.25) is 5.78 Å². The first-order valence-corrected chi connectivity index (χ1v) is 7.32. The normalized spacial score (nSPS) is 16.0. The number of ketones is 1. The number of rotatable bonds is 4. The van der Waals surface area contributed by atoms with E-state index in [1.807, 2.05) is 0 Å². The summed E-state index contributed by atoms with van der Waals surface area (Å²) in [4.78, 5) is 22.0. The van der Waals surface area contributed by atoms with Gasteiger partial charge in [-0.25, -0.2) is 0 Å². The molecule has 90 valence electrons. The fraction of sp³-hybridized carbons (Fsp3) is 0.417. The van der Waals surface area contributed by atoms with Gasteiger partial charge in [-0.3, -0.25) is 14.9 Å². The van der Waals surface area contributed by atoms with Crippen molar-refractivity contribution in [1.82, 2.24) is 0 Å². The predicted molar refractivity (Wildman–Crippen MR) is 68.6 cm³/mol. The van der Waals surface area contributed by atoms with Gasteiger partial charge in [-0.2, -0.15) is 0 Å². The second-order valence-electron chi connectivity index (χ2n) is 4.10. The third kappa shape index (κ3) is 3.06. The molecule has 0 amide bonds. The van der Waals surface area contributed by atoms with E-state index in [2.05, 4.69) is 0 Å². The molecule has 1 fully saturated rings. The van der Waals surface area contributed by atoms with Gasteiger partial charge in [-0.1, -0.05) is 0 Å². The molecule has 1 aliphatic heterocycles. The Balaban J connectivity index is 2.01. The summed E-state index contributed by atoms with van der Waals surface area (Å²) in [6.45, 7) is 0. The first kappa shape index (κ1) is 12.1. The van der Waals surface area contributed by atoms with E-state index in [1.54, 1.807) is 12.1 Å². The molecule has 0 aliphatic carbocycles. The number of nitrogens with zero attached hydrogens (tertiary/aromatic N) is 1. The van der Waals surface area contributed by atoms with Gasteiger partial charge in [-0.15, -0.1) is 0 Å². The number of carbonyl (C=O) groups excluding carboxylic acids is 1. The molecule has 1 heterocycles. The largest absolute Gasteiger partial charge is 0.289 e. The van der Waals surface area contributed by atoms with Gasteiger partial charge < -0.3 is 0 Å². The van der Waals surface area contributed by atoms with Crippen LogP contribution in [0.4, 0.5) is 5.69 Å². The Morgan fingerprint density at radius 3 is 2.35 bits per heavy atom. The van der Waals surface area contributed by atoms with E-state index in [0.29, 0.717) is 11.3 Å². The average Bonchev–Trinajstić information content (AvgIpc) is 2.82. The third-order valence-corrected chi connectivity index (χ3v) is 5.25. The van der Waals surface area contributed by atoms with Crippen LogP contribution in [0, 0.1) is 10.1 Å². The Hall–Kier alpha value is -1.36. The maximum absolute atomic E-state index is 11.9. The van der Waals surface area contributed by atoms with E-state index in [1.165, 1.54) is 36.5 Å². The number of carbonyl (C=O) groups is 1. The standard InChI is InChI=1S/C12H14NO3S/c14-12(9-17-7-1-2-8-17)10-3-5-11(6-4-10)13(15)16/h3-6H,1-2,7-9H2/q+1. The van der Waals surface area contributed by atoms with Gasteiger partial charge in [0.25, 0.3) is 5.69 Å². The minimum atomic E-state index is -0.451. The molecule has 0 saturated carbocycles. The highest BCUT2D eigenvalue weighted by Gasteiger charge is 2.27. The maximum Gasteiger partial charge on any atom is 0.269 e. The highest BCUT2D eigenvalue weighted by atomic mass is 32.2. The molecular weight excluding hydrogens is 238 g/mol. The molecule has 1 aromatic carbocycles. The molecule has 0 bridgehead atoms. The zero-order valence-corrected chi connectivity index (χ0v) is 10.2. The fourth-order valence-electron chi connectivity index (χ4n) is 1.90. The van der Waals surface area contributed by atoms with Crippen LogP contribution in [0.3, 0.4) is 0 Å². The smallest absolute Gasteiger partial charge is 0.269 e. The highest BCUT2D eigenvalue weighted by molar-refractivity contribution is 7.97.